The SMILES string of the molecule is CC(COC(CC1CO1)C1CO1)OC(CC1CO1)C1CO1. The third kappa shape index (κ3) is 4.61. The second kappa shape index (κ2) is 6.10. The molecule has 6 heteroatoms. The van der Waals surface area contributed by atoms with Gasteiger partial charge in [-0.15, -0.1) is 0 Å². The molecule has 4 fully saturated rings. The van der Waals surface area contributed by atoms with E-state index in [1.807, 2.05) is 0 Å². The maximum absolute atomic E-state index is 6.09. The Balaban J connectivity index is 1.19. The van der Waals surface area contributed by atoms with E-state index in [2.05, 4.69) is 6.92 Å². The zero-order valence-corrected chi connectivity index (χ0v) is 12.4. The summed E-state index contributed by atoms with van der Waals surface area (Å²) in [5, 5.41) is 0. The van der Waals surface area contributed by atoms with Crippen LogP contribution in [0.15, 0.2) is 0 Å². The van der Waals surface area contributed by atoms with Gasteiger partial charge in [0.25, 0.3) is 0 Å². The van der Waals surface area contributed by atoms with E-state index in [1.54, 1.807) is 0 Å². The molecule has 7 atom stereocenters. The van der Waals surface area contributed by atoms with Gasteiger partial charge < -0.3 is 28.4 Å². The van der Waals surface area contributed by atoms with Gasteiger partial charge in [-0.1, -0.05) is 0 Å². The van der Waals surface area contributed by atoms with Crippen LogP contribution < -0.4 is 0 Å². The first kappa shape index (κ1) is 14.4. The van der Waals surface area contributed by atoms with Crippen LogP contribution in [0.1, 0.15) is 19.8 Å². The third-order valence-corrected chi connectivity index (χ3v) is 4.29. The maximum Gasteiger partial charge on any atom is 0.107 e. The van der Waals surface area contributed by atoms with Gasteiger partial charge in [-0.3, -0.25) is 0 Å². The van der Waals surface area contributed by atoms with Crippen LogP contribution >= 0.6 is 0 Å². The van der Waals surface area contributed by atoms with Crippen molar-refractivity contribution in [1.29, 1.82) is 0 Å². The Hall–Kier alpha value is -0.240. The second-order valence-corrected chi connectivity index (χ2v) is 6.48. The number of ether oxygens (including phenoxy) is 6. The maximum atomic E-state index is 6.09. The Morgan fingerprint density at radius 2 is 1.38 bits per heavy atom. The molecule has 4 saturated heterocycles. The summed E-state index contributed by atoms with van der Waals surface area (Å²) in [4.78, 5) is 0. The summed E-state index contributed by atoms with van der Waals surface area (Å²) in [6.07, 6.45) is 3.44. The van der Waals surface area contributed by atoms with Crippen LogP contribution in [0.25, 0.3) is 0 Å². The molecule has 7 unspecified atom stereocenters. The predicted octanol–water partition coefficient (Wildman–Crippen LogP) is 0.521. The molecule has 0 aromatic rings. The summed E-state index contributed by atoms with van der Waals surface area (Å²) in [6.45, 7) is 5.99. The largest absolute Gasteiger partial charge is 0.373 e. The van der Waals surface area contributed by atoms with E-state index in [9.17, 15) is 0 Å². The van der Waals surface area contributed by atoms with Crippen molar-refractivity contribution in [2.45, 2.75) is 62.5 Å². The molecule has 6 nitrogen and oxygen atoms in total. The van der Waals surface area contributed by atoms with Gasteiger partial charge in [0.2, 0.25) is 0 Å². The first-order valence-electron chi connectivity index (χ1n) is 8.01. The van der Waals surface area contributed by atoms with Crippen LogP contribution in [-0.4, -0.2) is 75.8 Å². The Labute approximate surface area is 125 Å². The van der Waals surface area contributed by atoms with Gasteiger partial charge in [-0.25, -0.2) is 0 Å². The zero-order chi connectivity index (χ0) is 14.2. The minimum atomic E-state index is 0.0549. The van der Waals surface area contributed by atoms with Crippen LogP contribution in [0.4, 0.5) is 0 Å². The quantitative estimate of drug-likeness (QED) is 0.518. The molecule has 21 heavy (non-hydrogen) atoms. The van der Waals surface area contributed by atoms with Crippen molar-refractivity contribution in [2.75, 3.05) is 33.0 Å². The highest BCUT2D eigenvalue weighted by atomic mass is 16.6. The molecule has 120 valence electrons. The molecule has 0 saturated carbocycles. The van der Waals surface area contributed by atoms with E-state index >= 15 is 0 Å². The van der Waals surface area contributed by atoms with Crippen LogP contribution in [-0.2, 0) is 28.4 Å². The summed E-state index contributed by atoms with van der Waals surface area (Å²) in [7, 11) is 0. The molecule has 4 heterocycles. The first-order valence-corrected chi connectivity index (χ1v) is 8.01. The number of hydrogen-bond acceptors (Lipinski definition) is 6. The Bertz CT molecular complexity index is 348. The van der Waals surface area contributed by atoms with E-state index in [0.29, 0.717) is 18.8 Å². The van der Waals surface area contributed by atoms with E-state index < -0.39 is 0 Å². The molecule has 0 aromatic carbocycles. The van der Waals surface area contributed by atoms with E-state index in [-0.39, 0.29) is 30.5 Å². The minimum Gasteiger partial charge on any atom is -0.373 e. The smallest absolute Gasteiger partial charge is 0.107 e. The normalized spacial score (nSPS) is 40.4. The molecule has 4 rings (SSSR count). The zero-order valence-electron chi connectivity index (χ0n) is 12.4. The average Bonchev–Trinajstić information content (AvgIpc) is 3.32. The fourth-order valence-corrected chi connectivity index (χ4v) is 2.69. The third-order valence-electron chi connectivity index (χ3n) is 4.29. The average molecular weight is 300 g/mol. The highest BCUT2D eigenvalue weighted by Gasteiger charge is 2.41. The molecule has 0 N–H and O–H groups in total. The van der Waals surface area contributed by atoms with Crippen molar-refractivity contribution in [2.24, 2.45) is 0 Å². The molecule has 4 aliphatic heterocycles. The standard InChI is InChI=1S/C15H24O6/c1-9(21-13(15-8-20-15)3-11-6-17-11)4-18-12(14-7-19-14)2-10-5-16-10/h9-15H,2-8H2,1H3. The fraction of sp³-hybridized carbons (Fsp3) is 1.00. The number of hydrogen-bond donors (Lipinski definition) is 0. The summed E-state index contributed by atoms with van der Waals surface area (Å²) in [5.74, 6) is 0. The van der Waals surface area contributed by atoms with Crippen molar-refractivity contribution in [1.82, 2.24) is 0 Å². The predicted molar refractivity (Wildman–Crippen MR) is 72.3 cm³/mol. The molecule has 0 amide bonds. The monoisotopic (exact) mass is 300 g/mol. The Morgan fingerprint density at radius 3 is 1.90 bits per heavy atom. The Morgan fingerprint density at radius 1 is 0.857 bits per heavy atom. The van der Waals surface area contributed by atoms with Gasteiger partial charge in [0, 0.05) is 12.8 Å². The molecular weight excluding hydrogens is 276 g/mol. The lowest BCUT2D eigenvalue weighted by Crippen LogP contribution is -2.32. The highest BCUT2D eigenvalue weighted by molar-refractivity contribution is 4.87. The van der Waals surface area contributed by atoms with E-state index in [4.69, 9.17) is 28.4 Å². The highest BCUT2D eigenvalue weighted by Crippen LogP contribution is 2.28. The second-order valence-electron chi connectivity index (χ2n) is 6.48. The molecule has 4 aliphatic rings. The topological polar surface area (TPSA) is 68.6 Å². The van der Waals surface area contributed by atoms with Gasteiger partial charge in [0.1, 0.15) is 12.2 Å². The summed E-state index contributed by atoms with van der Waals surface area (Å²) < 4.78 is 33.4. The van der Waals surface area contributed by atoms with Crippen molar-refractivity contribution < 1.29 is 28.4 Å². The van der Waals surface area contributed by atoms with Crippen LogP contribution in [0.3, 0.4) is 0 Å². The lowest BCUT2D eigenvalue weighted by Gasteiger charge is -2.23. The molecule has 0 spiro atoms. The van der Waals surface area contributed by atoms with Crippen LogP contribution in [0, 0.1) is 0 Å². The van der Waals surface area contributed by atoms with Crippen LogP contribution in [0.2, 0.25) is 0 Å². The Kier molecular flexibility index (Phi) is 4.17. The van der Waals surface area contributed by atoms with Gasteiger partial charge in [0.05, 0.1) is 63.6 Å². The lowest BCUT2D eigenvalue weighted by atomic mass is 10.1. The summed E-state index contributed by atoms with van der Waals surface area (Å²) >= 11 is 0. The number of rotatable bonds is 11. The van der Waals surface area contributed by atoms with Gasteiger partial charge in [0.15, 0.2) is 0 Å². The van der Waals surface area contributed by atoms with Crippen molar-refractivity contribution >= 4 is 0 Å². The first-order chi connectivity index (χ1) is 10.3. The summed E-state index contributed by atoms with van der Waals surface area (Å²) in [5.41, 5.74) is 0. The molecule has 0 bridgehead atoms. The van der Waals surface area contributed by atoms with Crippen molar-refractivity contribution in [3.05, 3.63) is 0 Å². The summed E-state index contributed by atoms with van der Waals surface area (Å²) in [6, 6.07) is 0. The van der Waals surface area contributed by atoms with E-state index in [0.717, 1.165) is 39.3 Å². The molecular formula is C15H24O6. The lowest BCUT2D eigenvalue weighted by molar-refractivity contribution is -0.0835. The molecule has 0 aromatic heterocycles. The molecule has 0 aliphatic carbocycles. The van der Waals surface area contributed by atoms with Crippen LogP contribution in [0.5, 0.6) is 0 Å². The number of epoxide rings is 4. The van der Waals surface area contributed by atoms with Gasteiger partial charge >= 0.3 is 0 Å². The van der Waals surface area contributed by atoms with Crippen molar-refractivity contribution in [3.63, 3.8) is 0 Å². The van der Waals surface area contributed by atoms with E-state index in [1.165, 1.54) is 0 Å². The van der Waals surface area contributed by atoms with Gasteiger partial charge in [-0.2, -0.15) is 0 Å². The minimum absolute atomic E-state index is 0.0549. The van der Waals surface area contributed by atoms with Crippen molar-refractivity contribution in [3.8, 4) is 0 Å². The fourth-order valence-electron chi connectivity index (χ4n) is 2.69. The molecule has 0 radical (unpaired) electrons. The van der Waals surface area contributed by atoms with Gasteiger partial charge in [-0.05, 0) is 6.92 Å².